The second-order valence-electron chi connectivity index (χ2n) is 6.23. The lowest BCUT2D eigenvalue weighted by atomic mass is 10.00. The van der Waals surface area contributed by atoms with Crippen molar-refractivity contribution in [3.05, 3.63) is 47.8 Å². The van der Waals surface area contributed by atoms with Crippen molar-refractivity contribution in [2.75, 3.05) is 13.1 Å². The smallest absolute Gasteiger partial charge is 0.223 e. The molecule has 0 saturated carbocycles. The molecule has 1 aromatic heterocycles. The number of amides is 1. The lowest BCUT2D eigenvalue weighted by Gasteiger charge is -2.13. The van der Waals surface area contributed by atoms with Gasteiger partial charge in [0, 0.05) is 24.2 Å². The van der Waals surface area contributed by atoms with Gasteiger partial charge in [0.05, 0.1) is 11.9 Å². The number of hydrogen-bond donors (Lipinski definition) is 2. The van der Waals surface area contributed by atoms with E-state index in [0.29, 0.717) is 6.54 Å². The predicted octanol–water partition coefficient (Wildman–Crippen LogP) is 2.19. The van der Waals surface area contributed by atoms with Gasteiger partial charge in [-0.15, -0.1) is 0 Å². The molecule has 122 valence electrons. The highest BCUT2D eigenvalue weighted by Gasteiger charge is 2.19. The number of nitrogens with one attached hydrogen (secondary N) is 2. The van der Waals surface area contributed by atoms with Gasteiger partial charge in [-0.3, -0.25) is 4.79 Å². The van der Waals surface area contributed by atoms with Gasteiger partial charge in [-0.25, -0.2) is 4.68 Å². The molecule has 0 aliphatic carbocycles. The molecule has 1 aliphatic rings. The molecule has 0 bridgehead atoms. The minimum Gasteiger partial charge on any atom is -0.352 e. The maximum Gasteiger partial charge on any atom is 0.223 e. The van der Waals surface area contributed by atoms with E-state index in [-0.39, 0.29) is 11.8 Å². The van der Waals surface area contributed by atoms with E-state index in [1.165, 1.54) is 5.56 Å². The Morgan fingerprint density at radius 3 is 3.17 bits per heavy atom. The molecular formula is C18H24N4O. The lowest BCUT2D eigenvalue weighted by Crippen LogP contribution is -2.30. The zero-order chi connectivity index (χ0) is 16.1. The quantitative estimate of drug-likeness (QED) is 0.910. The van der Waals surface area contributed by atoms with Crippen LogP contribution in [0.3, 0.4) is 0 Å². The summed E-state index contributed by atoms with van der Waals surface area (Å²) in [6, 6.07) is 8.21. The Morgan fingerprint density at radius 1 is 1.39 bits per heavy atom. The second-order valence-corrected chi connectivity index (χ2v) is 6.23. The molecule has 0 unspecified atom stereocenters. The van der Waals surface area contributed by atoms with E-state index in [2.05, 4.69) is 34.8 Å². The molecule has 1 aliphatic heterocycles. The number of carbonyl (C=O) groups excluding carboxylic acids is 1. The summed E-state index contributed by atoms with van der Waals surface area (Å²) in [7, 11) is 0. The van der Waals surface area contributed by atoms with Gasteiger partial charge in [-0.2, -0.15) is 5.10 Å². The first-order chi connectivity index (χ1) is 11.2. The van der Waals surface area contributed by atoms with Crippen LogP contribution in [-0.4, -0.2) is 28.8 Å². The van der Waals surface area contributed by atoms with Crippen LogP contribution in [0.2, 0.25) is 0 Å². The Kier molecular flexibility index (Phi) is 5.08. The van der Waals surface area contributed by atoms with Gasteiger partial charge in [-0.05, 0) is 57.0 Å². The van der Waals surface area contributed by atoms with Gasteiger partial charge in [0.1, 0.15) is 0 Å². The van der Waals surface area contributed by atoms with E-state index >= 15 is 0 Å². The summed E-state index contributed by atoms with van der Waals surface area (Å²) in [5.74, 6) is 0.300. The van der Waals surface area contributed by atoms with Crippen LogP contribution < -0.4 is 10.6 Å². The topological polar surface area (TPSA) is 59.0 Å². The minimum atomic E-state index is 0.136. The third-order valence-corrected chi connectivity index (χ3v) is 4.32. The van der Waals surface area contributed by atoms with Gasteiger partial charge < -0.3 is 10.6 Å². The molecule has 2 N–H and O–H groups in total. The zero-order valence-electron chi connectivity index (χ0n) is 13.6. The molecule has 1 atom stereocenters. The van der Waals surface area contributed by atoms with Crippen molar-refractivity contribution in [3.63, 3.8) is 0 Å². The van der Waals surface area contributed by atoms with Crippen LogP contribution in [0.1, 0.15) is 30.4 Å². The Hall–Kier alpha value is -2.14. The van der Waals surface area contributed by atoms with Gasteiger partial charge in [0.15, 0.2) is 0 Å². The highest BCUT2D eigenvalue weighted by Crippen LogP contribution is 2.14. The highest BCUT2D eigenvalue weighted by atomic mass is 16.1. The third kappa shape index (κ3) is 4.20. The average molecular weight is 312 g/mol. The largest absolute Gasteiger partial charge is 0.352 e. The van der Waals surface area contributed by atoms with Crippen molar-refractivity contribution < 1.29 is 4.79 Å². The van der Waals surface area contributed by atoms with Crippen LogP contribution in [-0.2, 0) is 11.3 Å². The van der Waals surface area contributed by atoms with E-state index in [1.54, 1.807) is 0 Å². The number of hydrogen-bond acceptors (Lipinski definition) is 3. The predicted molar refractivity (Wildman–Crippen MR) is 90.4 cm³/mol. The molecular weight excluding hydrogens is 288 g/mol. The van der Waals surface area contributed by atoms with E-state index in [0.717, 1.165) is 43.6 Å². The van der Waals surface area contributed by atoms with Crippen LogP contribution in [0.15, 0.2) is 36.7 Å². The maximum atomic E-state index is 12.3. The number of aromatic nitrogens is 2. The molecule has 2 heterocycles. The third-order valence-electron chi connectivity index (χ3n) is 4.32. The fraction of sp³-hybridized carbons (Fsp3) is 0.444. The van der Waals surface area contributed by atoms with Crippen LogP contribution in [0.5, 0.6) is 0 Å². The van der Waals surface area contributed by atoms with Crippen LogP contribution in [0.4, 0.5) is 0 Å². The Morgan fingerprint density at radius 2 is 2.30 bits per heavy atom. The van der Waals surface area contributed by atoms with E-state index in [4.69, 9.17) is 0 Å². The van der Waals surface area contributed by atoms with Crippen molar-refractivity contribution in [3.8, 4) is 5.69 Å². The van der Waals surface area contributed by atoms with Crippen LogP contribution in [0, 0.1) is 12.8 Å². The summed E-state index contributed by atoms with van der Waals surface area (Å²) < 4.78 is 1.85. The number of benzene rings is 1. The Balaban J connectivity index is 1.57. The van der Waals surface area contributed by atoms with Crippen molar-refractivity contribution >= 4 is 5.91 Å². The van der Waals surface area contributed by atoms with Gasteiger partial charge in [-0.1, -0.05) is 12.1 Å². The van der Waals surface area contributed by atoms with Crippen molar-refractivity contribution in [2.45, 2.75) is 32.7 Å². The summed E-state index contributed by atoms with van der Waals surface area (Å²) in [5, 5.41) is 10.8. The molecule has 1 amide bonds. The van der Waals surface area contributed by atoms with Gasteiger partial charge in [0.2, 0.25) is 5.91 Å². The molecule has 23 heavy (non-hydrogen) atoms. The number of aryl methyl sites for hydroxylation is 1. The number of carbonyl (C=O) groups is 1. The van der Waals surface area contributed by atoms with Crippen molar-refractivity contribution in [1.29, 1.82) is 0 Å². The summed E-state index contributed by atoms with van der Waals surface area (Å²) in [6.07, 6.45) is 6.76. The first kappa shape index (κ1) is 15.7. The zero-order valence-corrected chi connectivity index (χ0v) is 13.6. The van der Waals surface area contributed by atoms with Crippen molar-refractivity contribution in [2.24, 2.45) is 5.92 Å². The Bertz CT molecular complexity index is 657. The summed E-state index contributed by atoms with van der Waals surface area (Å²) in [5.41, 5.74) is 3.26. The van der Waals surface area contributed by atoms with Crippen LogP contribution in [0.25, 0.3) is 5.69 Å². The SMILES string of the molecule is Cc1cccc(-n2cc(CNC(=O)[C@@H]3CCCNCC3)cn2)c1. The molecule has 5 nitrogen and oxygen atoms in total. The van der Waals surface area contributed by atoms with Gasteiger partial charge in [0.25, 0.3) is 0 Å². The molecule has 3 rings (SSSR count). The highest BCUT2D eigenvalue weighted by molar-refractivity contribution is 5.78. The second kappa shape index (κ2) is 7.42. The molecule has 0 radical (unpaired) electrons. The standard InChI is InChI=1S/C18H24N4O/c1-14-4-2-6-17(10-14)22-13-15(12-21-22)11-20-18(23)16-5-3-8-19-9-7-16/h2,4,6,10,12-13,16,19H,3,5,7-9,11H2,1H3,(H,20,23)/t16-/m1/s1. The normalized spacial score (nSPS) is 18.4. The van der Waals surface area contributed by atoms with E-state index in [9.17, 15) is 4.79 Å². The lowest BCUT2D eigenvalue weighted by molar-refractivity contribution is -0.125. The monoisotopic (exact) mass is 312 g/mol. The van der Waals surface area contributed by atoms with E-state index in [1.807, 2.05) is 29.2 Å². The first-order valence-corrected chi connectivity index (χ1v) is 8.31. The summed E-state index contributed by atoms with van der Waals surface area (Å²) in [4.78, 5) is 12.3. The van der Waals surface area contributed by atoms with Crippen LogP contribution >= 0.6 is 0 Å². The van der Waals surface area contributed by atoms with E-state index < -0.39 is 0 Å². The fourth-order valence-electron chi connectivity index (χ4n) is 2.98. The molecule has 1 saturated heterocycles. The first-order valence-electron chi connectivity index (χ1n) is 8.31. The number of rotatable bonds is 4. The summed E-state index contributed by atoms with van der Waals surface area (Å²) >= 11 is 0. The number of nitrogens with zero attached hydrogens (tertiary/aromatic N) is 2. The Labute approximate surface area is 137 Å². The maximum absolute atomic E-state index is 12.3. The fourth-order valence-corrected chi connectivity index (χ4v) is 2.98. The van der Waals surface area contributed by atoms with Crippen molar-refractivity contribution in [1.82, 2.24) is 20.4 Å². The molecule has 1 aromatic carbocycles. The molecule has 2 aromatic rings. The average Bonchev–Trinajstić information content (AvgIpc) is 2.86. The summed E-state index contributed by atoms with van der Waals surface area (Å²) in [6.45, 7) is 4.56. The molecule has 1 fully saturated rings. The van der Waals surface area contributed by atoms with Gasteiger partial charge >= 0.3 is 0 Å². The molecule has 0 spiro atoms. The molecule has 5 heteroatoms. The minimum absolute atomic E-state index is 0.136.